The quantitative estimate of drug-likeness (QED) is 0.336. The van der Waals surface area contributed by atoms with Gasteiger partial charge in [-0.05, 0) is 67.6 Å². The fourth-order valence-corrected chi connectivity index (χ4v) is 5.08. The van der Waals surface area contributed by atoms with Crippen molar-refractivity contribution in [1.82, 2.24) is 14.9 Å². The highest BCUT2D eigenvalue weighted by molar-refractivity contribution is 6.31. The van der Waals surface area contributed by atoms with Crippen LogP contribution in [0.5, 0.6) is 0 Å². The molecule has 0 spiro atoms. The van der Waals surface area contributed by atoms with E-state index >= 15 is 0 Å². The second-order valence-electron chi connectivity index (χ2n) is 9.58. The van der Waals surface area contributed by atoms with Gasteiger partial charge in [-0.25, -0.2) is 19.6 Å². The van der Waals surface area contributed by atoms with Crippen LogP contribution in [0.4, 0.5) is 17.3 Å². The van der Waals surface area contributed by atoms with Gasteiger partial charge in [-0.2, -0.15) is 0 Å². The number of carboxylic acid groups (broad SMARTS) is 2. The molecule has 2 aliphatic heterocycles. The summed E-state index contributed by atoms with van der Waals surface area (Å²) >= 11 is 6.33. The van der Waals surface area contributed by atoms with Crippen LogP contribution in [-0.2, 0) is 27.2 Å². The number of anilines is 3. The van der Waals surface area contributed by atoms with Crippen LogP contribution in [0.2, 0.25) is 5.02 Å². The molecule has 3 heterocycles. The van der Waals surface area contributed by atoms with Crippen molar-refractivity contribution in [2.24, 2.45) is 0 Å². The first-order valence-electron chi connectivity index (χ1n) is 13.2. The zero-order valence-electron chi connectivity index (χ0n) is 22.1. The lowest BCUT2D eigenvalue weighted by atomic mass is 10.0. The highest BCUT2D eigenvalue weighted by Gasteiger charge is 2.26. The molecule has 0 radical (unpaired) electrons. The molecule has 3 aromatic rings. The zero-order chi connectivity index (χ0) is 28.5. The van der Waals surface area contributed by atoms with Gasteiger partial charge in [0.15, 0.2) is 0 Å². The van der Waals surface area contributed by atoms with E-state index in [0.717, 1.165) is 75.7 Å². The van der Waals surface area contributed by atoms with E-state index in [0.29, 0.717) is 11.4 Å². The van der Waals surface area contributed by atoms with Gasteiger partial charge in [0.05, 0.1) is 11.4 Å². The Morgan fingerprint density at radius 1 is 0.800 bits per heavy atom. The van der Waals surface area contributed by atoms with E-state index in [1.54, 1.807) is 12.4 Å². The summed E-state index contributed by atoms with van der Waals surface area (Å²) in [7, 11) is 0. The van der Waals surface area contributed by atoms with Crippen LogP contribution in [0.1, 0.15) is 30.4 Å². The Labute approximate surface area is 237 Å². The standard InChI is InChI=1S/C27H30ClN5O.C2H2O4/c28-23-12-11-22-10-9-21-6-1-2-7-24(21)33(25(22)20-23)26(34)8-3-4-15-31-16-18-32(19-17-31)27-29-13-5-14-30-27;3-1(4)2(5)6/h1-2,5-7,11-14,20H,3-4,8-10,15-19H2;(H,3,4)(H,5,6). The predicted octanol–water partition coefficient (Wildman–Crippen LogP) is 4.04. The van der Waals surface area contributed by atoms with Gasteiger partial charge in [0.25, 0.3) is 0 Å². The molecule has 5 rings (SSSR count). The number of carbonyl (C=O) groups is 3. The number of hydrogen-bond acceptors (Lipinski definition) is 7. The summed E-state index contributed by atoms with van der Waals surface area (Å²) in [5.74, 6) is -2.69. The predicted molar refractivity (Wildman–Crippen MR) is 152 cm³/mol. The molecule has 10 nitrogen and oxygen atoms in total. The molecule has 1 amide bonds. The third-order valence-electron chi connectivity index (χ3n) is 6.94. The number of benzene rings is 2. The number of nitrogens with zero attached hydrogens (tertiary/aromatic N) is 5. The first-order chi connectivity index (χ1) is 19.3. The number of rotatable bonds is 6. The van der Waals surface area contributed by atoms with E-state index in [1.807, 2.05) is 35.2 Å². The molecule has 1 fully saturated rings. The first kappa shape index (κ1) is 29.0. The highest BCUT2D eigenvalue weighted by Crippen LogP contribution is 2.38. The highest BCUT2D eigenvalue weighted by atomic mass is 35.5. The van der Waals surface area contributed by atoms with Crippen molar-refractivity contribution < 1.29 is 24.6 Å². The number of halogens is 1. The van der Waals surface area contributed by atoms with E-state index in [-0.39, 0.29) is 5.91 Å². The zero-order valence-corrected chi connectivity index (χ0v) is 22.8. The van der Waals surface area contributed by atoms with Crippen molar-refractivity contribution >= 4 is 46.8 Å². The smallest absolute Gasteiger partial charge is 0.414 e. The van der Waals surface area contributed by atoms with E-state index in [9.17, 15) is 4.79 Å². The molecule has 2 aliphatic rings. The van der Waals surface area contributed by atoms with Gasteiger partial charge in [0.2, 0.25) is 11.9 Å². The lowest BCUT2D eigenvalue weighted by Crippen LogP contribution is -2.47. The van der Waals surface area contributed by atoms with Crippen molar-refractivity contribution in [3.05, 3.63) is 77.1 Å². The number of hydrogen-bond donors (Lipinski definition) is 2. The fraction of sp³-hybridized carbons (Fsp3) is 0.345. The van der Waals surface area contributed by atoms with Crippen LogP contribution in [-0.4, -0.2) is 75.7 Å². The second-order valence-corrected chi connectivity index (χ2v) is 10.0. The Balaban J connectivity index is 0.000000557. The van der Waals surface area contributed by atoms with Crippen molar-refractivity contribution in [3.63, 3.8) is 0 Å². The molecular weight excluding hydrogens is 534 g/mol. The number of amides is 1. The summed E-state index contributed by atoms with van der Waals surface area (Å²) in [5, 5.41) is 15.4. The van der Waals surface area contributed by atoms with Gasteiger partial charge in [-0.15, -0.1) is 0 Å². The van der Waals surface area contributed by atoms with Crippen LogP contribution in [0.25, 0.3) is 0 Å². The molecule has 0 aliphatic carbocycles. The minimum atomic E-state index is -1.82. The Morgan fingerprint density at radius 3 is 2.12 bits per heavy atom. The molecule has 1 aromatic heterocycles. The van der Waals surface area contributed by atoms with Gasteiger partial charge >= 0.3 is 11.9 Å². The van der Waals surface area contributed by atoms with Gasteiger partial charge in [0.1, 0.15) is 0 Å². The number of para-hydroxylation sites is 1. The topological polar surface area (TPSA) is 127 Å². The van der Waals surface area contributed by atoms with Gasteiger partial charge in [0, 0.05) is 50.0 Å². The van der Waals surface area contributed by atoms with Gasteiger partial charge in [-0.3, -0.25) is 14.6 Å². The Bertz CT molecular complexity index is 1320. The number of aliphatic carboxylic acids is 2. The number of unbranched alkanes of at least 4 members (excludes halogenated alkanes) is 1. The first-order valence-corrected chi connectivity index (χ1v) is 13.6. The van der Waals surface area contributed by atoms with E-state index in [2.05, 4.69) is 38.0 Å². The number of aryl methyl sites for hydroxylation is 2. The molecule has 0 unspecified atom stereocenters. The largest absolute Gasteiger partial charge is 0.473 e. The van der Waals surface area contributed by atoms with Crippen molar-refractivity contribution in [3.8, 4) is 0 Å². The summed E-state index contributed by atoms with van der Waals surface area (Å²) in [6.07, 6.45) is 7.82. The van der Waals surface area contributed by atoms with Crippen LogP contribution < -0.4 is 9.80 Å². The summed E-state index contributed by atoms with van der Waals surface area (Å²) in [6, 6.07) is 16.0. The average molecular weight is 566 g/mol. The average Bonchev–Trinajstić information content (AvgIpc) is 3.13. The molecule has 1 saturated heterocycles. The molecule has 0 saturated carbocycles. The summed E-state index contributed by atoms with van der Waals surface area (Å²) in [4.78, 5) is 47.0. The maximum Gasteiger partial charge on any atom is 0.414 e. The van der Waals surface area contributed by atoms with Gasteiger partial charge in [-0.1, -0.05) is 35.9 Å². The molecular formula is C29H32ClN5O5. The van der Waals surface area contributed by atoms with Crippen LogP contribution in [0, 0.1) is 0 Å². The molecule has 2 N–H and O–H groups in total. The van der Waals surface area contributed by atoms with Crippen LogP contribution >= 0.6 is 11.6 Å². The number of piperazine rings is 1. The van der Waals surface area contributed by atoms with Gasteiger partial charge < -0.3 is 15.1 Å². The maximum absolute atomic E-state index is 13.5. The van der Waals surface area contributed by atoms with E-state index < -0.39 is 11.9 Å². The Morgan fingerprint density at radius 2 is 1.45 bits per heavy atom. The van der Waals surface area contributed by atoms with Crippen LogP contribution in [0.15, 0.2) is 60.9 Å². The molecule has 2 aromatic carbocycles. The third kappa shape index (κ3) is 7.55. The third-order valence-corrected chi connectivity index (χ3v) is 7.17. The molecule has 210 valence electrons. The lowest BCUT2D eigenvalue weighted by Gasteiger charge is -2.34. The molecule has 11 heteroatoms. The van der Waals surface area contributed by atoms with E-state index in [4.69, 9.17) is 31.4 Å². The second kappa shape index (κ2) is 13.9. The Kier molecular flexibility index (Phi) is 10.0. The normalized spacial score (nSPS) is 14.7. The number of carbonyl (C=O) groups excluding carboxylic acids is 1. The Hall–Kier alpha value is -4.02. The summed E-state index contributed by atoms with van der Waals surface area (Å²) < 4.78 is 0. The molecule has 0 atom stereocenters. The maximum atomic E-state index is 13.5. The fourth-order valence-electron chi connectivity index (χ4n) is 4.91. The van der Waals surface area contributed by atoms with Crippen LogP contribution in [0.3, 0.4) is 0 Å². The summed E-state index contributed by atoms with van der Waals surface area (Å²) in [5.41, 5.74) is 4.31. The SMILES string of the molecule is O=C(CCCCN1CCN(c2ncccn2)CC1)N1c2ccccc2CCc2ccc(Cl)cc21.O=C(O)C(=O)O. The van der Waals surface area contributed by atoms with E-state index in [1.165, 1.54) is 11.1 Å². The van der Waals surface area contributed by atoms with Crippen molar-refractivity contribution in [2.45, 2.75) is 32.1 Å². The van der Waals surface area contributed by atoms with Crippen molar-refractivity contribution in [1.29, 1.82) is 0 Å². The lowest BCUT2D eigenvalue weighted by molar-refractivity contribution is -0.159. The number of aromatic nitrogens is 2. The minimum absolute atomic E-state index is 0.143. The number of carboxylic acids is 2. The number of fused-ring (bicyclic) bond motifs is 2. The van der Waals surface area contributed by atoms with Crippen molar-refractivity contribution in [2.75, 3.05) is 42.5 Å². The molecule has 0 bridgehead atoms. The molecule has 40 heavy (non-hydrogen) atoms. The summed E-state index contributed by atoms with van der Waals surface area (Å²) in [6.45, 7) is 4.88. The minimum Gasteiger partial charge on any atom is -0.473 e. The monoisotopic (exact) mass is 565 g/mol.